The van der Waals surface area contributed by atoms with Gasteiger partial charge in [-0.2, -0.15) is 0 Å². The summed E-state index contributed by atoms with van der Waals surface area (Å²) in [6.07, 6.45) is -0.0870. The van der Waals surface area contributed by atoms with E-state index in [1.165, 1.54) is 24.5 Å². The predicted molar refractivity (Wildman–Crippen MR) is 104 cm³/mol. The maximum atomic E-state index is 12.3. The molecule has 28 heavy (non-hydrogen) atoms. The van der Waals surface area contributed by atoms with Gasteiger partial charge in [0, 0.05) is 10.4 Å². The molecule has 0 aliphatic heterocycles. The minimum absolute atomic E-state index is 0.0870. The quantitative estimate of drug-likeness (QED) is 0.496. The molecule has 2 rings (SSSR count). The summed E-state index contributed by atoms with van der Waals surface area (Å²) in [6, 6.07) is 6.94. The van der Waals surface area contributed by atoms with E-state index in [2.05, 4.69) is 16.2 Å². The van der Waals surface area contributed by atoms with Crippen molar-refractivity contribution in [3.63, 3.8) is 0 Å². The standard InChI is InChI=1S/C18H22N4O5S/c1-3-27-13-7-6-11(9-14(13)26-2)17(24)22-21-16(23)10-12(20-18(19)25)15-5-4-8-28-15/h4-9,12H,3,10H2,1-2H3,(H,21,23)(H,22,24)(H3,19,20,25). The Balaban J connectivity index is 1.96. The molecule has 1 unspecified atom stereocenters. The van der Waals surface area contributed by atoms with Crippen LogP contribution in [0.25, 0.3) is 0 Å². The van der Waals surface area contributed by atoms with Gasteiger partial charge in [0.05, 0.1) is 26.2 Å². The lowest BCUT2D eigenvalue weighted by Gasteiger charge is -2.16. The lowest BCUT2D eigenvalue weighted by molar-refractivity contribution is -0.122. The summed E-state index contributed by atoms with van der Waals surface area (Å²) in [5.41, 5.74) is 10.1. The third-order valence-electron chi connectivity index (χ3n) is 3.63. The van der Waals surface area contributed by atoms with Gasteiger partial charge in [-0.3, -0.25) is 20.4 Å². The molecule has 0 saturated heterocycles. The molecule has 0 fully saturated rings. The number of amides is 4. The van der Waals surface area contributed by atoms with Crippen LogP contribution in [0.4, 0.5) is 4.79 Å². The molecule has 0 radical (unpaired) electrons. The summed E-state index contributed by atoms with van der Waals surface area (Å²) >= 11 is 1.38. The fraction of sp³-hybridized carbons (Fsp3) is 0.278. The first-order valence-electron chi connectivity index (χ1n) is 8.44. The average Bonchev–Trinajstić information content (AvgIpc) is 3.20. The van der Waals surface area contributed by atoms with Crippen LogP contribution in [0.2, 0.25) is 0 Å². The maximum absolute atomic E-state index is 12.3. The number of methoxy groups -OCH3 is 1. The molecule has 0 aliphatic rings. The van der Waals surface area contributed by atoms with Crippen LogP contribution in [0, 0.1) is 0 Å². The molecule has 1 aromatic heterocycles. The predicted octanol–water partition coefficient (Wildman–Crippen LogP) is 1.72. The van der Waals surface area contributed by atoms with Crippen LogP contribution in [0.5, 0.6) is 11.5 Å². The average molecular weight is 406 g/mol. The molecule has 150 valence electrons. The molecule has 5 N–H and O–H groups in total. The van der Waals surface area contributed by atoms with E-state index in [4.69, 9.17) is 15.2 Å². The minimum Gasteiger partial charge on any atom is -0.493 e. The van der Waals surface area contributed by atoms with Crippen molar-refractivity contribution in [2.24, 2.45) is 5.73 Å². The highest BCUT2D eigenvalue weighted by Crippen LogP contribution is 2.28. The molecule has 0 saturated carbocycles. The van der Waals surface area contributed by atoms with Gasteiger partial charge in [0.25, 0.3) is 5.91 Å². The number of rotatable bonds is 8. The Hall–Kier alpha value is -3.27. The number of hydrogen-bond acceptors (Lipinski definition) is 6. The summed E-state index contributed by atoms with van der Waals surface area (Å²) in [5.74, 6) is -0.0882. The van der Waals surface area contributed by atoms with Crippen LogP contribution in [0.3, 0.4) is 0 Å². The van der Waals surface area contributed by atoms with Crippen molar-refractivity contribution in [3.8, 4) is 11.5 Å². The highest BCUT2D eigenvalue weighted by molar-refractivity contribution is 7.10. The van der Waals surface area contributed by atoms with Gasteiger partial charge in [0.2, 0.25) is 5.91 Å². The fourth-order valence-corrected chi connectivity index (χ4v) is 3.18. The number of primary amides is 1. The lowest BCUT2D eigenvalue weighted by atomic mass is 10.1. The van der Waals surface area contributed by atoms with Gasteiger partial charge in [-0.05, 0) is 36.6 Å². The highest BCUT2D eigenvalue weighted by Gasteiger charge is 2.19. The fourth-order valence-electron chi connectivity index (χ4n) is 2.40. The van der Waals surface area contributed by atoms with Gasteiger partial charge < -0.3 is 20.5 Å². The zero-order chi connectivity index (χ0) is 20.5. The number of carbonyl (C=O) groups excluding carboxylic acids is 3. The van der Waals surface area contributed by atoms with Crippen LogP contribution < -0.4 is 31.4 Å². The first-order valence-corrected chi connectivity index (χ1v) is 9.32. The number of benzene rings is 1. The molecule has 0 aliphatic carbocycles. The summed E-state index contributed by atoms with van der Waals surface area (Å²) in [4.78, 5) is 36.4. The van der Waals surface area contributed by atoms with Gasteiger partial charge in [-0.25, -0.2) is 4.79 Å². The number of urea groups is 1. The highest BCUT2D eigenvalue weighted by atomic mass is 32.1. The first kappa shape index (κ1) is 21.0. The van der Waals surface area contributed by atoms with Crippen molar-refractivity contribution < 1.29 is 23.9 Å². The Labute approximate surface area is 166 Å². The number of hydrogen-bond donors (Lipinski definition) is 4. The van der Waals surface area contributed by atoms with Gasteiger partial charge in [-0.1, -0.05) is 6.07 Å². The number of nitrogens with one attached hydrogen (secondary N) is 3. The van der Waals surface area contributed by atoms with E-state index < -0.39 is 23.9 Å². The summed E-state index contributed by atoms with van der Waals surface area (Å²) in [5, 5.41) is 4.33. The second kappa shape index (κ2) is 10.2. The SMILES string of the molecule is CCOc1ccc(C(=O)NNC(=O)CC(NC(N)=O)c2cccs2)cc1OC. The van der Waals surface area contributed by atoms with E-state index >= 15 is 0 Å². The number of carbonyl (C=O) groups is 3. The molecule has 9 nitrogen and oxygen atoms in total. The third-order valence-corrected chi connectivity index (χ3v) is 4.62. The number of hydrazine groups is 1. The topological polar surface area (TPSA) is 132 Å². The van der Waals surface area contributed by atoms with Crippen molar-refractivity contribution in [2.75, 3.05) is 13.7 Å². The van der Waals surface area contributed by atoms with Crippen molar-refractivity contribution in [1.29, 1.82) is 0 Å². The van der Waals surface area contributed by atoms with E-state index in [1.807, 2.05) is 12.3 Å². The van der Waals surface area contributed by atoms with Gasteiger partial charge in [-0.15, -0.1) is 11.3 Å². The normalized spacial score (nSPS) is 11.2. The second-order valence-corrected chi connectivity index (χ2v) is 6.56. The molecule has 1 heterocycles. The molecular weight excluding hydrogens is 384 g/mol. The summed E-state index contributed by atoms with van der Waals surface area (Å²) in [7, 11) is 1.47. The van der Waals surface area contributed by atoms with E-state index in [9.17, 15) is 14.4 Å². The van der Waals surface area contributed by atoms with Crippen LogP contribution in [0.1, 0.15) is 34.6 Å². The Bertz CT molecular complexity index is 825. The summed E-state index contributed by atoms with van der Waals surface area (Å²) in [6.45, 7) is 2.30. The van der Waals surface area contributed by atoms with Crippen molar-refractivity contribution in [3.05, 3.63) is 46.2 Å². The van der Waals surface area contributed by atoms with Crippen molar-refractivity contribution in [1.82, 2.24) is 16.2 Å². The Kier molecular flexibility index (Phi) is 7.64. The first-order chi connectivity index (χ1) is 13.4. The largest absolute Gasteiger partial charge is 0.493 e. The Morgan fingerprint density at radius 2 is 1.96 bits per heavy atom. The third kappa shape index (κ3) is 5.88. The molecule has 1 aromatic carbocycles. The van der Waals surface area contributed by atoms with E-state index in [0.717, 1.165) is 4.88 Å². The Morgan fingerprint density at radius 1 is 1.18 bits per heavy atom. The summed E-state index contributed by atoms with van der Waals surface area (Å²) < 4.78 is 10.6. The van der Waals surface area contributed by atoms with Crippen molar-refractivity contribution >= 4 is 29.2 Å². The van der Waals surface area contributed by atoms with Gasteiger partial charge in [0.15, 0.2) is 11.5 Å². The monoisotopic (exact) mass is 406 g/mol. The van der Waals surface area contributed by atoms with Crippen molar-refractivity contribution in [2.45, 2.75) is 19.4 Å². The number of nitrogens with two attached hydrogens (primary N) is 1. The number of thiophene rings is 1. The van der Waals surface area contributed by atoms with Crippen LogP contribution in [0.15, 0.2) is 35.7 Å². The minimum atomic E-state index is -0.739. The molecule has 0 bridgehead atoms. The van der Waals surface area contributed by atoms with Crippen LogP contribution in [-0.2, 0) is 4.79 Å². The molecule has 0 spiro atoms. The molecule has 2 aromatic rings. The molecule has 1 atom stereocenters. The Morgan fingerprint density at radius 3 is 2.57 bits per heavy atom. The molecule has 10 heteroatoms. The zero-order valence-corrected chi connectivity index (χ0v) is 16.3. The van der Waals surface area contributed by atoms with Gasteiger partial charge >= 0.3 is 6.03 Å². The van der Waals surface area contributed by atoms with E-state index in [0.29, 0.717) is 18.1 Å². The van der Waals surface area contributed by atoms with E-state index in [-0.39, 0.29) is 12.0 Å². The van der Waals surface area contributed by atoms with Gasteiger partial charge in [0.1, 0.15) is 0 Å². The van der Waals surface area contributed by atoms with Crippen LogP contribution in [-0.4, -0.2) is 31.6 Å². The second-order valence-electron chi connectivity index (χ2n) is 5.58. The van der Waals surface area contributed by atoms with E-state index in [1.54, 1.807) is 24.3 Å². The molecule has 4 amide bonds. The number of ether oxygens (including phenoxy) is 2. The van der Waals surface area contributed by atoms with Crippen LogP contribution >= 0.6 is 11.3 Å². The lowest BCUT2D eigenvalue weighted by Crippen LogP contribution is -2.43. The smallest absolute Gasteiger partial charge is 0.312 e. The zero-order valence-electron chi connectivity index (χ0n) is 15.5. The molecular formula is C18H22N4O5S. The maximum Gasteiger partial charge on any atom is 0.312 e.